The summed E-state index contributed by atoms with van der Waals surface area (Å²) in [6.45, 7) is 5.18. The molecule has 0 aromatic heterocycles. The Balaban J connectivity index is 1.47. The number of nitrogens with one attached hydrogen (secondary N) is 1. The van der Waals surface area contributed by atoms with Gasteiger partial charge in [0.1, 0.15) is 17.4 Å². The number of ether oxygens (including phenoxy) is 1. The Hall–Kier alpha value is -3.22. The number of nitrogens with zero attached hydrogens (tertiary/aromatic N) is 3. The fourth-order valence-electron chi connectivity index (χ4n) is 5.70. The lowest BCUT2D eigenvalue weighted by Gasteiger charge is -2.44. The Kier molecular flexibility index (Phi) is 8.44. The molecule has 5 amide bonds. The van der Waals surface area contributed by atoms with Crippen molar-refractivity contribution in [2.45, 2.75) is 57.3 Å². The van der Waals surface area contributed by atoms with Crippen LogP contribution in [0.5, 0.6) is 0 Å². The minimum atomic E-state index is -4.77. The van der Waals surface area contributed by atoms with E-state index in [9.17, 15) is 36.7 Å². The Morgan fingerprint density at radius 2 is 1.75 bits per heavy atom. The number of carbonyl (C=O) groups excluding carboxylic acids is 4. The second-order valence-corrected chi connectivity index (χ2v) is 11.1. The lowest BCUT2D eigenvalue weighted by atomic mass is 9.84. The van der Waals surface area contributed by atoms with Gasteiger partial charge in [-0.25, -0.2) is 9.18 Å². The molecule has 0 aliphatic carbocycles. The summed E-state index contributed by atoms with van der Waals surface area (Å²) < 4.78 is 59.0. The topological polar surface area (TPSA) is 99.3 Å². The van der Waals surface area contributed by atoms with E-state index < -0.39 is 52.4 Å². The van der Waals surface area contributed by atoms with E-state index in [1.165, 1.54) is 11.9 Å². The molecule has 3 saturated heterocycles. The molecule has 1 atom stereocenters. The van der Waals surface area contributed by atoms with Crippen molar-refractivity contribution in [2.75, 3.05) is 39.9 Å². The predicted octanol–water partition coefficient (Wildman–Crippen LogP) is 3.28. The van der Waals surface area contributed by atoms with E-state index >= 15 is 0 Å². The van der Waals surface area contributed by atoms with Gasteiger partial charge in [0, 0.05) is 39.9 Å². The lowest BCUT2D eigenvalue weighted by molar-refractivity contribution is -0.142. The molecule has 220 valence electrons. The van der Waals surface area contributed by atoms with Crippen LogP contribution >= 0.6 is 0 Å². The third kappa shape index (κ3) is 5.65. The molecule has 1 N–H and O–H groups in total. The number of likely N-dealkylation sites (N-methyl/N-ethyl adjacent to an activating group) is 1. The second-order valence-electron chi connectivity index (χ2n) is 11.1. The summed E-state index contributed by atoms with van der Waals surface area (Å²) in [5.41, 5.74) is -3.06. The number of hydrogen-bond donors (Lipinski definition) is 1. The molecule has 0 radical (unpaired) electrons. The highest BCUT2D eigenvalue weighted by Gasteiger charge is 2.57. The molecule has 40 heavy (non-hydrogen) atoms. The van der Waals surface area contributed by atoms with Crippen molar-refractivity contribution in [3.8, 4) is 0 Å². The standard InChI is InChI=1S/C27H34F4N4O5/c1-16(2)21(32-22(36)19-14-18(27(29,30)31)4-5-20(19)28)23(37)34-10-8-26(9-11-34)24(38)33(3)25(39)35(26)15-17-6-12-40-13-7-17/h4-5,14,16-17,21H,6-13,15H2,1-3H3,(H,32,36). The maximum atomic E-state index is 14.3. The first-order valence-corrected chi connectivity index (χ1v) is 13.4. The van der Waals surface area contributed by atoms with Crippen LogP contribution in [0.15, 0.2) is 18.2 Å². The van der Waals surface area contributed by atoms with Crippen LogP contribution in [0.25, 0.3) is 0 Å². The summed E-state index contributed by atoms with van der Waals surface area (Å²) in [5, 5.41) is 2.41. The third-order valence-corrected chi connectivity index (χ3v) is 8.18. The summed E-state index contributed by atoms with van der Waals surface area (Å²) in [7, 11) is 1.45. The molecule has 1 aromatic carbocycles. The minimum absolute atomic E-state index is 0.132. The number of likely N-dealkylation sites (tertiary alicyclic amines) is 1. The molecule has 3 fully saturated rings. The molecule has 0 bridgehead atoms. The van der Waals surface area contributed by atoms with Gasteiger partial charge >= 0.3 is 12.2 Å². The van der Waals surface area contributed by atoms with Gasteiger partial charge in [-0.2, -0.15) is 13.2 Å². The zero-order valence-corrected chi connectivity index (χ0v) is 22.7. The fourth-order valence-corrected chi connectivity index (χ4v) is 5.70. The average molecular weight is 571 g/mol. The van der Waals surface area contributed by atoms with E-state index in [2.05, 4.69) is 5.32 Å². The van der Waals surface area contributed by atoms with Crippen LogP contribution in [0, 0.1) is 17.7 Å². The highest BCUT2D eigenvalue weighted by molar-refractivity contribution is 6.07. The van der Waals surface area contributed by atoms with E-state index in [0.717, 1.165) is 17.7 Å². The smallest absolute Gasteiger partial charge is 0.381 e. The summed E-state index contributed by atoms with van der Waals surface area (Å²) >= 11 is 0. The van der Waals surface area contributed by atoms with E-state index in [1.807, 2.05) is 0 Å². The summed E-state index contributed by atoms with van der Waals surface area (Å²) in [5.74, 6) is -3.35. The van der Waals surface area contributed by atoms with Gasteiger partial charge in [-0.1, -0.05) is 13.8 Å². The van der Waals surface area contributed by atoms with Crippen molar-refractivity contribution in [1.82, 2.24) is 20.0 Å². The van der Waals surface area contributed by atoms with Crippen LogP contribution in [0.1, 0.15) is 55.5 Å². The van der Waals surface area contributed by atoms with Gasteiger partial charge in [0.15, 0.2) is 0 Å². The van der Waals surface area contributed by atoms with Crippen LogP contribution < -0.4 is 5.32 Å². The molecular weight excluding hydrogens is 536 g/mol. The zero-order valence-electron chi connectivity index (χ0n) is 22.7. The number of carbonyl (C=O) groups is 4. The largest absolute Gasteiger partial charge is 0.416 e. The van der Waals surface area contributed by atoms with E-state index in [1.54, 1.807) is 18.7 Å². The van der Waals surface area contributed by atoms with Gasteiger partial charge in [-0.3, -0.25) is 19.3 Å². The third-order valence-electron chi connectivity index (χ3n) is 8.18. The predicted molar refractivity (Wildman–Crippen MR) is 134 cm³/mol. The van der Waals surface area contributed by atoms with Gasteiger partial charge < -0.3 is 19.9 Å². The maximum Gasteiger partial charge on any atom is 0.416 e. The van der Waals surface area contributed by atoms with E-state index in [4.69, 9.17) is 4.74 Å². The normalized spacial score (nSPS) is 20.9. The fraction of sp³-hybridized carbons (Fsp3) is 0.630. The molecule has 9 nitrogen and oxygen atoms in total. The summed E-state index contributed by atoms with van der Waals surface area (Å²) in [6.07, 6.45) is -2.80. The first kappa shape index (κ1) is 29.8. The Bertz CT molecular complexity index is 1160. The van der Waals surface area contributed by atoms with Crippen LogP contribution in [0.3, 0.4) is 0 Å². The van der Waals surface area contributed by atoms with Gasteiger partial charge in [0.2, 0.25) is 5.91 Å². The highest BCUT2D eigenvalue weighted by Crippen LogP contribution is 2.38. The number of imide groups is 1. The van der Waals surface area contributed by atoms with Gasteiger partial charge in [0.05, 0.1) is 11.1 Å². The molecule has 3 aliphatic heterocycles. The molecule has 3 aliphatic rings. The number of amides is 5. The van der Waals surface area contributed by atoms with Crippen LogP contribution in [-0.2, 0) is 20.5 Å². The Labute approximate surface area is 229 Å². The monoisotopic (exact) mass is 570 g/mol. The zero-order chi connectivity index (χ0) is 29.4. The van der Waals surface area contributed by atoms with Gasteiger partial charge in [-0.15, -0.1) is 0 Å². The molecular formula is C27H34F4N4O5. The number of piperidine rings is 1. The number of benzene rings is 1. The van der Waals surface area contributed by atoms with Crippen LogP contribution in [0.2, 0.25) is 0 Å². The van der Waals surface area contributed by atoms with Crippen molar-refractivity contribution in [3.63, 3.8) is 0 Å². The molecule has 0 saturated carbocycles. The summed E-state index contributed by atoms with van der Waals surface area (Å²) in [4.78, 5) is 56.8. The van der Waals surface area contributed by atoms with Crippen LogP contribution in [-0.4, -0.2) is 89.9 Å². The second kappa shape index (κ2) is 11.3. The van der Waals surface area contributed by atoms with Crippen molar-refractivity contribution in [3.05, 3.63) is 35.1 Å². The number of hydrogen-bond acceptors (Lipinski definition) is 5. The minimum Gasteiger partial charge on any atom is -0.381 e. The van der Waals surface area contributed by atoms with E-state index in [-0.39, 0.29) is 43.8 Å². The van der Waals surface area contributed by atoms with Crippen molar-refractivity contribution < 1.29 is 41.5 Å². The van der Waals surface area contributed by atoms with E-state index in [0.29, 0.717) is 38.0 Å². The molecule has 1 unspecified atom stereocenters. The first-order valence-electron chi connectivity index (χ1n) is 13.4. The number of alkyl halides is 3. The molecule has 1 spiro atoms. The quantitative estimate of drug-likeness (QED) is 0.418. The first-order chi connectivity index (χ1) is 18.8. The van der Waals surface area contributed by atoms with Gasteiger partial charge in [0.25, 0.3) is 11.8 Å². The lowest BCUT2D eigenvalue weighted by Crippen LogP contribution is -2.60. The molecule has 1 aromatic rings. The number of urea groups is 1. The van der Waals surface area contributed by atoms with Crippen molar-refractivity contribution in [2.24, 2.45) is 11.8 Å². The van der Waals surface area contributed by atoms with Crippen molar-refractivity contribution >= 4 is 23.8 Å². The van der Waals surface area contributed by atoms with Gasteiger partial charge in [-0.05, 0) is 55.7 Å². The molecule has 13 heteroatoms. The SMILES string of the molecule is CC(C)C(NC(=O)c1cc(C(F)(F)F)ccc1F)C(=O)N1CCC2(CC1)C(=O)N(C)C(=O)N2CC1CCOCC1. The van der Waals surface area contributed by atoms with Crippen molar-refractivity contribution in [1.29, 1.82) is 0 Å². The number of halogens is 4. The maximum absolute atomic E-state index is 14.3. The highest BCUT2D eigenvalue weighted by atomic mass is 19.4. The number of rotatable bonds is 6. The van der Waals surface area contributed by atoms with Crippen LogP contribution in [0.4, 0.5) is 22.4 Å². The Morgan fingerprint density at radius 1 is 1.12 bits per heavy atom. The summed E-state index contributed by atoms with van der Waals surface area (Å²) in [6, 6.07) is 0.0168. The average Bonchev–Trinajstić information content (AvgIpc) is 3.08. The molecule has 3 heterocycles. The molecule has 4 rings (SSSR count). The Morgan fingerprint density at radius 3 is 2.33 bits per heavy atom.